The summed E-state index contributed by atoms with van der Waals surface area (Å²) in [6.07, 6.45) is 10.9. The van der Waals surface area contributed by atoms with Crippen LogP contribution in [0.15, 0.2) is 24.3 Å². The van der Waals surface area contributed by atoms with E-state index in [1.807, 2.05) is 11.8 Å². The molecule has 2 aromatic heterocycles. The lowest BCUT2D eigenvalue weighted by molar-refractivity contribution is -0.0798. The lowest BCUT2D eigenvalue weighted by Crippen LogP contribution is -2.57. The molecule has 2 bridgehead atoms. The lowest BCUT2D eigenvalue weighted by Gasteiger charge is -2.50. The molecule has 0 radical (unpaired) electrons. The number of phenolic OH excluding ortho intramolecular Hbond substituents is 1. The van der Waals surface area contributed by atoms with Crippen LogP contribution in [0.2, 0.25) is 0 Å². The summed E-state index contributed by atoms with van der Waals surface area (Å²) >= 11 is 0. The fourth-order valence-electron chi connectivity index (χ4n) is 10.6. The Morgan fingerprint density at radius 3 is 2.58 bits per heavy atom. The standard InChI is InChI=1S/C42H51F2N5O6/c1-4-29-31(43)11-8-24-17-26(50)20-30(33(24)29)36-35(44)37-34(39(45-36)52-3)38(48-15-16-53-22-41(2,51)21-48)47-40(46-37)54-23-42-12-5-7-32(42)49(14-6-13-42)25-18-27-9-10-28(19-25)55-27/h8,11,17,20,25,27-28,32,50-51H,4-7,9-10,12-16,18-19,21-23H2,1-3H3/t25?,27?,28?,32-,41+,42-/m1/s1. The minimum absolute atomic E-state index is 0.0210. The van der Waals surface area contributed by atoms with Crippen LogP contribution in [0, 0.1) is 17.0 Å². The van der Waals surface area contributed by atoms with E-state index < -0.39 is 17.2 Å². The van der Waals surface area contributed by atoms with E-state index in [1.165, 1.54) is 25.3 Å². The Bertz CT molecular complexity index is 2110. The van der Waals surface area contributed by atoms with Crippen molar-refractivity contribution in [3.05, 3.63) is 41.5 Å². The third kappa shape index (κ3) is 6.54. The number of fused-ring (bicyclic) bond motifs is 5. The van der Waals surface area contributed by atoms with Crippen molar-refractivity contribution in [3.8, 4) is 28.9 Å². The molecular weight excluding hydrogens is 708 g/mol. The van der Waals surface area contributed by atoms with Crippen molar-refractivity contribution in [1.29, 1.82) is 0 Å². The highest BCUT2D eigenvalue weighted by Crippen LogP contribution is 2.51. The zero-order chi connectivity index (χ0) is 38.1. The van der Waals surface area contributed by atoms with Crippen LogP contribution in [0.3, 0.4) is 0 Å². The van der Waals surface area contributed by atoms with Crippen LogP contribution < -0.4 is 14.4 Å². The van der Waals surface area contributed by atoms with Crippen molar-refractivity contribution >= 4 is 27.5 Å². The van der Waals surface area contributed by atoms with Gasteiger partial charge in [-0.15, -0.1) is 0 Å². The van der Waals surface area contributed by atoms with E-state index in [0.717, 1.165) is 64.3 Å². The number of aliphatic hydroxyl groups is 1. The maximum absolute atomic E-state index is 17.4. The third-order valence-corrected chi connectivity index (χ3v) is 13.0. The van der Waals surface area contributed by atoms with Crippen LogP contribution in [0.4, 0.5) is 14.6 Å². The molecule has 5 fully saturated rings. The highest BCUT2D eigenvalue weighted by Gasteiger charge is 2.51. The Balaban J connectivity index is 1.15. The van der Waals surface area contributed by atoms with E-state index in [4.69, 9.17) is 28.9 Å². The molecule has 1 aliphatic carbocycles. The van der Waals surface area contributed by atoms with Crippen LogP contribution >= 0.6 is 0 Å². The number of hydrogen-bond acceptors (Lipinski definition) is 11. The second-order valence-electron chi connectivity index (χ2n) is 16.8. The van der Waals surface area contributed by atoms with Crippen LogP contribution in [0.5, 0.6) is 17.6 Å². The predicted octanol–water partition coefficient (Wildman–Crippen LogP) is 6.71. The number of nitrogens with zero attached hydrogens (tertiary/aromatic N) is 5. The molecule has 0 spiro atoms. The molecule has 2 N–H and O–H groups in total. The Morgan fingerprint density at radius 1 is 1.00 bits per heavy atom. The van der Waals surface area contributed by atoms with Crippen LogP contribution in [0.1, 0.15) is 77.2 Å². The van der Waals surface area contributed by atoms with E-state index in [1.54, 1.807) is 13.0 Å². The zero-order valence-electron chi connectivity index (χ0n) is 32.0. The summed E-state index contributed by atoms with van der Waals surface area (Å²) in [6.45, 7) is 5.93. The quantitative estimate of drug-likeness (QED) is 0.199. The van der Waals surface area contributed by atoms with Crippen molar-refractivity contribution in [3.63, 3.8) is 0 Å². The SMILES string of the molecule is CCc1c(F)ccc2cc(O)cc(-c3nc(OC)c4c(N5CCOC[C@@](C)(O)C5)nc(OC[C@]56CCC[C@H]5N(C5CC7CCC(C5)O7)CCC6)nc4c3F)c12. The molecular formula is C42H51F2N5O6. The number of aryl methyl sites for hydroxylation is 1. The van der Waals surface area contributed by atoms with Gasteiger partial charge in [-0.05, 0) is 106 Å². The molecule has 9 rings (SSSR count). The average Bonchev–Trinajstić information content (AvgIpc) is 3.71. The second-order valence-corrected chi connectivity index (χ2v) is 16.8. The summed E-state index contributed by atoms with van der Waals surface area (Å²) < 4.78 is 57.1. The van der Waals surface area contributed by atoms with Gasteiger partial charge in [0, 0.05) is 29.6 Å². The summed E-state index contributed by atoms with van der Waals surface area (Å²) in [6, 6.07) is 6.76. The van der Waals surface area contributed by atoms with Gasteiger partial charge in [0.25, 0.3) is 0 Å². The molecule has 13 heteroatoms. The van der Waals surface area contributed by atoms with Crippen molar-refractivity contribution < 1.29 is 37.9 Å². The highest BCUT2D eigenvalue weighted by atomic mass is 19.1. The van der Waals surface area contributed by atoms with Crippen LogP contribution in [-0.4, -0.2) is 107 Å². The first-order valence-electron chi connectivity index (χ1n) is 20.0. The first kappa shape index (κ1) is 36.7. The van der Waals surface area contributed by atoms with Gasteiger partial charge >= 0.3 is 6.01 Å². The van der Waals surface area contributed by atoms with Gasteiger partial charge in [0.2, 0.25) is 5.88 Å². The van der Waals surface area contributed by atoms with E-state index in [-0.39, 0.29) is 58.4 Å². The molecule has 2 unspecified atom stereocenters. The molecule has 4 saturated heterocycles. The minimum Gasteiger partial charge on any atom is -0.508 e. The van der Waals surface area contributed by atoms with E-state index >= 15 is 8.78 Å². The molecule has 6 heterocycles. The molecule has 4 aliphatic heterocycles. The number of pyridine rings is 1. The molecule has 2 aromatic carbocycles. The normalized spacial score (nSPS) is 29.8. The summed E-state index contributed by atoms with van der Waals surface area (Å²) in [5.41, 5.74) is -0.937. The summed E-state index contributed by atoms with van der Waals surface area (Å²) in [5.74, 6) is -0.969. The molecule has 1 saturated carbocycles. The number of likely N-dealkylation sites (tertiary alicyclic amines) is 1. The average molecular weight is 760 g/mol. The molecule has 0 amide bonds. The number of piperidine rings is 1. The monoisotopic (exact) mass is 759 g/mol. The largest absolute Gasteiger partial charge is 0.508 e. The van der Waals surface area contributed by atoms with Gasteiger partial charge in [0.15, 0.2) is 5.82 Å². The lowest BCUT2D eigenvalue weighted by atomic mass is 9.74. The number of β-amino-alcohol motifs (C(OH)–C–C–N with tert-alkyl or cyclic N) is 1. The van der Waals surface area contributed by atoms with Gasteiger partial charge in [-0.25, -0.2) is 13.8 Å². The number of phenols is 1. The predicted molar refractivity (Wildman–Crippen MR) is 204 cm³/mol. The molecule has 55 heavy (non-hydrogen) atoms. The number of aromatic hydroxyl groups is 1. The number of rotatable bonds is 8. The number of hydrogen-bond donors (Lipinski definition) is 2. The Kier molecular flexibility index (Phi) is 9.50. The zero-order valence-corrected chi connectivity index (χ0v) is 32.0. The van der Waals surface area contributed by atoms with Gasteiger partial charge in [0.1, 0.15) is 39.6 Å². The van der Waals surface area contributed by atoms with Crippen molar-refractivity contribution in [2.24, 2.45) is 5.41 Å². The van der Waals surface area contributed by atoms with Crippen LogP contribution in [-0.2, 0) is 15.9 Å². The fraction of sp³-hybridized carbons (Fsp3) is 0.595. The van der Waals surface area contributed by atoms with Gasteiger partial charge < -0.3 is 34.1 Å². The molecule has 294 valence electrons. The van der Waals surface area contributed by atoms with E-state index in [9.17, 15) is 10.2 Å². The van der Waals surface area contributed by atoms with Crippen LogP contribution in [0.25, 0.3) is 32.9 Å². The Labute approximate surface area is 319 Å². The summed E-state index contributed by atoms with van der Waals surface area (Å²) in [7, 11) is 1.44. The van der Waals surface area contributed by atoms with Gasteiger partial charge in [0.05, 0.1) is 45.7 Å². The van der Waals surface area contributed by atoms with Crippen molar-refractivity contribution in [2.75, 3.05) is 51.5 Å². The fourth-order valence-corrected chi connectivity index (χ4v) is 10.6. The van der Waals surface area contributed by atoms with Gasteiger partial charge in [-0.2, -0.15) is 9.97 Å². The number of methoxy groups -OCH3 is 1. The minimum atomic E-state index is -1.22. The number of halogens is 2. The molecule has 11 nitrogen and oxygen atoms in total. The van der Waals surface area contributed by atoms with Crippen molar-refractivity contribution in [1.82, 2.24) is 19.9 Å². The van der Waals surface area contributed by atoms with E-state index in [0.29, 0.717) is 72.6 Å². The first-order chi connectivity index (χ1) is 26.6. The number of anilines is 1. The second kappa shape index (κ2) is 14.2. The summed E-state index contributed by atoms with van der Waals surface area (Å²) in [5, 5.41) is 23.2. The molecule has 5 atom stereocenters. The highest BCUT2D eigenvalue weighted by molar-refractivity contribution is 6.03. The first-order valence-corrected chi connectivity index (χ1v) is 20.0. The maximum atomic E-state index is 17.4. The summed E-state index contributed by atoms with van der Waals surface area (Å²) in [4.78, 5) is 19.0. The third-order valence-electron chi connectivity index (χ3n) is 13.0. The molecule has 5 aliphatic rings. The topological polar surface area (TPSA) is 123 Å². The van der Waals surface area contributed by atoms with Gasteiger partial charge in [-0.1, -0.05) is 19.4 Å². The molecule has 4 aromatic rings. The van der Waals surface area contributed by atoms with Crippen molar-refractivity contribution in [2.45, 2.75) is 108 Å². The number of ether oxygens (including phenoxy) is 4. The smallest absolute Gasteiger partial charge is 0.319 e. The Morgan fingerprint density at radius 2 is 1.80 bits per heavy atom. The maximum Gasteiger partial charge on any atom is 0.319 e. The number of aromatic nitrogens is 3. The van der Waals surface area contributed by atoms with E-state index in [2.05, 4.69) is 9.88 Å². The van der Waals surface area contributed by atoms with Gasteiger partial charge in [-0.3, -0.25) is 4.90 Å². The Hall–Kier alpha value is -3.91. The number of benzene rings is 2.